The van der Waals surface area contributed by atoms with Gasteiger partial charge < -0.3 is 19.9 Å². The predicted molar refractivity (Wildman–Crippen MR) is 93.6 cm³/mol. The van der Waals surface area contributed by atoms with Crippen molar-refractivity contribution in [2.24, 2.45) is 21.9 Å². The summed E-state index contributed by atoms with van der Waals surface area (Å²) >= 11 is 0. The van der Waals surface area contributed by atoms with Gasteiger partial charge in [0.2, 0.25) is 0 Å². The maximum Gasteiger partial charge on any atom is 0.305 e. The molecule has 0 aliphatic carbocycles. The van der Waals surface area contributed by atoms with Crippen molar-refractivity contribution in [3.8, 4) is 0 Å². The number of esters is 1. The largest absolute Gasteiger partial charge is 0.469 e. The number of unbranched alkanes of at least 4 members (excludes halogenated alkanes) is 1. The Kier molecular flexibility index (Phi) is 9.87. The third-order valence-corrected chi connectivity index (χ3v) is 3.53. The first-order valence-corrected chi connectivity index (χ1v) is 8.19. The third-order valence-electron chi connectivity index (χ3n) is 3.53. The van der Waals surface area contributed by atoms with Crippen molar-refractivity contribution in [3.63, 3.8) is 0 Å². The lowest BCUT2D eigenvalue weighted by atomic mass is 9.98. The van der Waals surface area contributed by atoms with Crippen LogP contribution in [0.1, 0.15) is 32.6 Å². The first kappa shape index (κ1) is 21.5. The van der Waals surface area contributed by atoms with Crippen molar-refractivity contribution in [1.82, 2.24) is 5.43 Å². The minimum atomic E-state index is -0.918. The van der Waals surface area contributed by atoms with E-state index in [1.807, 2.05) is 12.2 Å². The number of hydrogen-bond acceptors (Lipinski definition) is 7. The molecule has 3 unspecified atom stereocenters. The number of carbonyl (C=O) groups excluding carboxylic acids is 1. The molecule has 0 aromatic rings. The van der Waals surface area contributed by atoms with Crippen LogP contribution in [-0.4, -0.2) is 49.3 Å². The molecule has 3 atom stereocenters. The van der Waals surface area contributed by atoms with Crippen LogP contribution in [-0.2, 0) is 19.0 Å². The van der Waals surface area contributed by atoms with Crippen LogP contribution in [0.5, 0.6) is 0 Å². The van der Waals surface area contributed by atoms with E-state index in [1.165, 1.54) is 13.3 Å². The summed E-state index contributed by atoms with van der Waals surface area (Å²) in [7, 11) is 1.37. The topological polar surface area (TPSA) is 151 Å². The fourth-order valence-electron chi connectivity index (χ4n) is 2.23. The van der Waals surface area contributed by atoms with E-state index in [1.54, 1.807) is 6.92 Å². The number of nitrogens with two attached hydrogens (primary N) is 1. The molecule has 0 spiro atoms. The Labute approximate surface area is 151 Å². The van der Waals surface area contributed by atoms with Crippen LogP contribution in [0.3, 0.4) is 0 Å². The molecular formula is C15H25N5O6. The Hall–Kier alpha value is -2.53. The highest BCUT2D eigenvalue weighted by molar-refractivity contribution is 5.78. The van der Waals surface area contributed by atoms with Crippen molar-refractivity contribution in [2.45, 2.75) is 45.0 Å². The molecule has 1 rings (SSSR count). The van der Waals surface area contributed by atoms with E-state index in [0.29, 0.717) is 19.4 Å². The molecular weight excluding hydrogens is 346 g/mol. The van der Waals surface area contributed by atoms with Gasteiger partial charge in [0.1, 0.15) is 11.2 Å². The molecule has 1 aliphatic heterocycles. The van der Waals surface area contributed by atoms with Crippen molar-refractivity contribution < 1.29 is 24.0 Å². The molecule has 26 heavy (non-hydrogen) atoms. The van der Waals surface area contributed by atoms with Crippen molar-refractivity contribution >= 4 is 18.1 Å². The van der Waals surface area contributed by atoms with Crippen LogP contribution in [0.2, 0.25) is 0 Å². The summed E-state index contributed by atoms with van der Waals surface area (Å²) < 4.78 is 15.7. The standard InChI is InChI=1S/C15H25N5O6/c1-11-25-10-12(7-5-3-4-6-8-14(21)24-2)13(26-11)9-17-18-15(16)19-20(22)23/h3,5,9,11-13H,4,6-8,10H2,1-2H3,(H3,16,18,19)/b5-3-,17-9+. The zero-order chi connectivity index (χ0) is 19.4. The third kappa shape index (κ3) is 9.08. The number of guanidine groups is 1. The summed E-state index contributed by atoms with van der Waals surface area (Å²) in [6.45, 7) is 2.26. The molecule has 0 aromatic carbocycles. The molecule has 0 bridgehead atoms. The van der Waals surface area contributed by atoms with Gasteiger partial charge in [-0.1, -0.05) is 12.2 Å². The highest BCUT2D eigenvalue weighted by atomic mass is 16.7. The number of ether oxygens (including phenoxy) is 3. The van der Waals surface area contributed by atoms with Gasteiger partial charge >= 0.3 is 5.97 Å². The molecule has 0 amide bonds. The van der Waals surface area contributed by atoms with Crippen molar-refractivity contribution in [1.29, 1.82) is 0 Å². The van der Waals surface area contributed by atoms with E-state index in [-0.39, 0.29) is 24.3 Å². The van der Waals surface area contributed by atoms with Gasteiger partial charge in [0.05, 0.1) is 19.9 Å². The average molecular weight is 371 g/mol. The zero-order valence-electron chi connectivity index (χ0n) is 14.9. The first-order valence-electron chi connectivity index (χ1n) is 8.19. The van der Waals surface area contributed by atoms with Gasteiger partial charge in [0, 0.05) is 12.3 Å². The molecule has 1 aliphatic rings. The first-order chi connectivity index (χ1) is 12.4. The van der Waals surface area contributed by atoms with Gasteiger partial charge in [-0.05, 0) is 26.2 Å². The number of carbonyl (C=O) groups is 1. The lowest BCUT2D eigenvalue weighted by Crippen LogP contribution is -2.40. The Morgan fingerprint density at radius 1 is 1.50 bits per heavy atom. The second kappa shape index (κ2) is 11.9. The van der Waals surface area contributed by atoms with E-state index in [0.717, 1.165) is 12.8 Å². The molecule has 146 valence electrons. The monoisotopic (exact) mass is 371 g/mol. The van der Waals surface area contributed by atoms with Gasteiger partial charge in [-0.2, -0.15) is 5.10 Å². The molecule has 11 heteroatoms. The highest BCUT2D eigenvalue weighted by Gasteiger charge is 2.28. The Balaban J connectivity index is 2.46. The maximum atomic E-state index is 11.0. The number of nitro groups is 1. The molecule has 0 saturated carbocycles. The summed E-state index contributed by atoms with van der Waals surface area (Å²) in [5.74, 6) is -0.610. The molecule has 11 nitrogen and oxygen atoms in total. The minimum Gasteiger partial charge on any atom is -0.469 e. The molecule has 1 saturated heterocycles. The SMILES string of the molecule is COC(=O)CCC/C=C\CC1COC(C)OC1/C=N/N/C(N)=N/[N+](=O)[O-]. The Bertz CT molecular complexity index is 551. The van der Waals surface area contributed by atoms with E-state index in [9.17, 15) is 14.9 Å². The number of allylic oxidation sites excluding steroid dienone is 2. The van der Waals surface area contributed by atoms with Gasteiger partial charge in [-0.15, -0.1) is 0 Å². The summed E-state index contributed by atoms with van der Waals surface area (Å²) in [5, 5.41) is 16.0. The molecule has 0 radical (unpaired) electrons. The maximum absolute atomic E-state index is 11.0. The molecule has 0 aromatic heterocycles. The number of nitrogens with zero attached hydrogens (tertiary/aromatic N) is 3. The number of hydrazone groups is 2. The van der Waals surface area contributed by atoms with Gasteiger partial charge in [-0.3, -0.25) is 4.79 Å². The van der Waals surface area contributed by atoms with Crippen LogP contribution in [0, 0.1) is 16.0 Å². The molecule has 1 heterocycles. The lowest BCUT2D eigenvalue weighted by molar-refractivity contribution is -0.485. The normalized spacial score (nSPS) is 24.1. The number of nitrogens with one attached hydrogen (secondary N) is 1. The zero-order valence-corrected chi connectivity index (χ0v) is 14.9. The van der Waals surface area contributed by atoms with Gasteiger partial charge in [0.15, 0.2) is 11.3 Å². The Morgan fingerprint density at radius 2 is 2.27 bits per heavy atom. The average Bonchev–Trinajstić information content (AvgIpc) is 2.58. The number of methoxy groups -OCH3 is 1. The Morgan fingerprint density at radius 3 is 2.96 bits per heavy atom. The van der Waals surface area contributed by atoms with Crippen LogP contribution in [0.15, 0.2) is 22.4 Å². The second-order valence-electron chi connectivity index (χ2n) is 5.55. The van der Waals surface area contributed by atoms with E-state index in [2.05, 4.69) is 20.4 Å². The van der Waals surface area contributed by atoms with Crippen LogP contribution in [0.25, 0.3) is 0 Å². The second-order valence-corrected chi connectivity index (χ2v) is 5.55. The fraction of sp³-hybridized carbons (Fsp3) is 0.667. The number of hydrogen-bond donors (Lipinski definition) is 2. The van der Waals surface area contributed by atoms with Crippen LogP contribution in [0.4, 0.5) is 0 Å². The minimum absolute atomic E-state index is 0.0299. The van der Waals surface area contributed by atoms with Crippen LogP contribution >= 0.6 is 0 Å². The molecule has 1 fully saturated rings. The summed E-state index contributed by atoms with van der Waals surface area (Å²) in [6, 6.07) is 0. The van der Waals surface area contributed by atoms with E-state index >= 15 is 0 Å². The lowest BCUT2D eigenvalue weighted by Gasteiger charge is -2.32. The predicted octanol–water partition coefficient (Wildman–Crippen LogP) is 0.735. The van der Waals surface area contributed by atoms with Crippen molar-refractivity contribution in [2.75, 3.05) is 13.7 Å². The van der Waals surface area contributed by atoms with Gasteiger partial charge in [0.25, 0.3) is 5.96 Å². The highest BCUT2D eigenvalue weighted by Crippen LogP contribution is 2.21. The van der Waals surface area contributed by atoms with Gasteiger partial charge in [-0.25, -0.2) is 15.5 Å². The summed E-state index contributed by atoms with van der Waals surface area (Å²) in [6.07, 6.45) is 7.34. The quantitative estimate of drug-likeness (QED) is 0.114. The number of rotatable bonds is 9. The smallest absolute Gasteiger partial charge is 0.305 e. The van der Waals surface area contributed by atoms with E-state index < -0.39 is 11.0 Å². The summed E-state index contributed by atoms with van der Waals surface area (Å²) in [5.41, 5.74) is 7.55. The fourth-order valence-corrected chi connectivity index (χ4v) is 2.23. The van der Waals surface area contributed by atoms with Crippen LogP contribution < -0.4 is 11.2 Å². The van der Waals surface area contributed by atoms with Crippen molar-refractivity contribution in [3.05, 3.63) is 22.3 Å². The van der Waals surface area contributed by atoms with E-state index in [4.69, 9.17) is 15.2 Å². The molecule has 3 N–H and O–H groups in total. The summed E-state index contributed by atoms with van der Waals surface area (Å²) in [4.78, 5) is 21.2.